The van der Waals surface area contributed by atoms with E-state index in [1.165, 1.54) is 5.56 Å². The highest BCUT2D eigenvalue weighted by atomic mass is 32.1. The molecule has 2 aromatic heterocycles. The molecule has 0 bridgehead atoms. The van der Waals surface area contributed by atoms with E-state index in [1.807, 2.05) is 23.8 Å². The number of aromatic nitrogens is 2. The van der Waals surface area contributed by atoms with Gasteiger partial charge in [0.2, 0.25) is 0 Å². The number of thiazole rings is 1. The Labute approximate surface area is 94.0 Å². The van der Waals surface area contributed by atoms with Gasteiger partial charge in [-0.15, -0.1) is 11.3 Å². The first kappa shape index (κ1) is 10.3. The molecule has 0 atom stereocenters. The van der Waals surface area contributed by atoms with Crippen LogP contribution in [0.3, 0.4) is 0 Å². The first-order valence-corrected chi connectivity index (χ1v) is 5.98. The summed E-state index contributed by atoms with van der Waals surface area (Å²) in [6.07, 6.45) is 4.73. The van der Waals surface area contributed by atoms with Crippen molar-refractivity contribution in [1.82, 2.24) is 9.97 Å². The van der Waals surface area contributed by atoms with E-state index in [0.717, 1.165) is 17.1 Å². The standard InChI is InChI=1S/C12H14N2S/c1-9(2)7-11-8-10(3-4-13-11)12-14-5-6-15-12/h3-6,8-9H,7H2,1-2H3. The highest BCUT2D eigenvalue weighted by Gasteiger charge is 2.03. The topological polar surface area (TPSA) is 25.8 Å². The maximum atomic E-state index is 4.37. The molecule has 2 nitrogen and oxygen atoms in total. The number of pyridine rings is 1. The van der Waals surface area contributed by atoms with Crippen LogP contribution in [0.15, 0.2) is 29.9 Å². The summed E-state index contributed by atoms with van der Waals surface area (Å²) in [7, 11) is 0. The molecule has 2 aromatic rings. The third-order valence-electron chi connectivity index (χ3n) is 2.11. The second-order valence-corrected chi connectivity index (χ2v) is 4.87. The van der Waals surface area contributed by atoms with Crippen LogP contribution in [0, 0.1) is 5.92 Å². The maximum absolute atomic E-state index is 4.37. The Bertz CT molecular complexity index is 421. The third-order valence-corrected chi connectivity index (χ3v) is 2.94. The van der Waals surface area contributed by atoms with Gasteiger partial charge in [-0.2, -0.15) is 0 Å². The largest absolute Gasteiger partial charge is 0.261 e. The van der Waals surface area contributed by atoms with Crippen LogP contribution in [0.5, 0.6) is 0 Å². The predicted octanol–water partition coefficient (Wildman–Crippen LogP) is 3.40. The molecule has 0 spiro atoms. The summed E-state index contributed by atoms with van der Waals surface area (Å²) < 4.78 is 0. The van der Waals surface area contributed by atoms with Gasteiger partial charge in [-0.25, -0.2) is 4.98 Å². The zero-order valence-corrected chi connectivity index (χ0v) is 9.79. The molecule has 0 aromatic carbocycles. The summed E-state index contributed by atoms with van der Waals surface area (Å²) in [5.41, 5.74) is 2.33. The molecule has 0 saturated heterocycles. The lowest BCUT2D eigenvalue weighted by molar-refractivity contribution is 0.635. The maximum Gasteiger partial charge on any atom is 0.123 e. The van der Waals surface area contributed by atoms with Crippen molar-refractivity contribution in [2.24, 2.45) is 5.92 Å². The fraction of sp³-hybridized carbons (Fsp3) is 0.333. The summed E-state index contributed by atoms with van der Waals surface area (Å²) in [5, 5.41) is 3.07. The first-order valence-electron chi connectivity index (χ1n) is 5.10. The highest BCUT2D eigenvalue weighted by molar-refractivity contribution is 7.13. The Morgan fingerprint density at radius 3 is 2.80 bits per heavy atom. The minimum absolute atomic E-state index is 0.643. The molecule has 78 valence electrons. The zero-order valence-electron chi connectivity index (χ0n) is 8.97. The molecule has 15 heavy (non-hydrogen) atoms. The second-order valence-electron chi connectivity index (χ2n) is 3.97. The minimum Gasteiger partial charge on any atom is -0.261 e. The Morgan fingerprint density at radius 1 is 1.27 bits per heavy atom. The average molecular weight is 218 g/mol. The number of hydrogen-bond donors (Lipinski definition) is 0. The van der Waals surface area contributed by atoms with E-state index in [2.05, 4.69) is 29.9 Å². The van der Waals surface area contributed by atoms with Gasteiger partial charge >= 0.3 is 0 Å². The molecule has 0 radical (unpaired) electrons. The Hall–Kier alpha value is -1.22. The normalized spacial score (nSPS) is 10.9. The quantitative estimate of drug-likeness (QED) is 0.789. The van der Waals surface area contributed by atoms with E-state index in [9.17, 15) is 0 Å². The number of rotatable bonds is 3. The van der Waals surface area contributed by atoms with Crippen molar-refractivity contribution < 1.29 is 0 Å². The van der Waals surface area contributed by atoms with E-state index in [1.54, 1.807) is 11.3 Å². The molecule has 0 aliphatic carbocycles. The van der Waals surface area contributed by atoms with Crippen LogP contribution in [-0.2, 0) is 6.42 Å². The van der Waals surface area contributed by atoms with Gasteiger partial charge in [-0.1, -0.05) is 13.8 Å². The van der Waals surface area contributed by atoms with Gasteiger partial charge in [0, 0.05) is 29.0 Å². The van der Waals surface area contributed by atoms with Gasteiger partial charge in [0.25, 0.3) is 0 Å². The van der Waals surface area contributed by atoms with Crippen LogP contribution in [-0.4, -0.2) is 9.97 Å². The number of nitrogens with zero attached hydrogens (tertiary/aromatic N) is 2. The Balaban J connectivity index is 2.27. The van der Waals surface area contributed by atoms with Gasteiger partial charge in [-0.05, 0) is 24.5 Å². The van der Waals surface area contributed by atoms with Crippen LogP contribution in [0.4, 0.5) is 0 Å². The van der Waals surface area contributed by atoms with Gasteiger partial charge < -0.3 is 0 Å². The molecular formula is C12H14N2S. The predicted molar refractivity (Wildman–Crippen MR) is 63.9 cm³/mol. The third kappa shape index (κ3) is 2.63. The van der Waals surface area contributed by atoms with Crippen LogP contribution in [0.2, 0.25) is 0 Å². The first-order chi connectivity index (χ1) is 7.25. The monoisotopic (exact) mass is 218 g/mol. The van der Waals surface area contributed by atoms with Crippen LogP contribution in [0.1, 0.15) is 19.5 Å². The lowest BCUT2D eigenvalue weighted by Crippen LogP contribution is -1.96. The molecule has 0 saturated carbocycles. The van der Waals surface area contributed by atoms with E-state index in [0.29, 0.717) is 5.92 Å². The second kappa shape index (κ2) is 4.53. The molecule has 3 heteroatoms. The highest BCUT2D eigenvalue weighted by Crippen LogP contribution is 2.22. The Morgan fingerprint density at radius 2 is 2.13 bits per heavy atom. The molecule has 0 amide bonds. The lowest BCUT2D eigenvalue weighted by Gasteiger charge is -2.04. The molecule has 0 unspecified atom stereocenters. The van der Waals surface area contributed by atoms with E-state index < -0.39 is 0 Å². The van der Waals surface area contributed by atoms with Gasteiger partial charge in [-0.3, -0.25) is 4.98 Å². The summed E-state index contributed by atoms with van der Waals surface area (Å²) in [6, 6.07) is 4.15. The van der Waals surface area contributed by atoms with Crippen LogP contribution >= 0.6 is 11.3 Å². The van der Waals surface area contributed by atoms with Crippen molar-refractivity contribution in [3.63, 3.8) is 0 Å². The van der Waals surface area contributed by atoms with Crippen LogP contribution in [0.25, 0.3) is 10.6 Å². The molecule has 2 rings (SSSR count). The fourth-order valence-corrected chi connectivity index (χ4v) is 2.14. The number of hydrogen-bond acceptors (Lipinski definition) is 3. The average Bonchev–Trinajstić information content (AvgIpc) is 2.69. The SMILES string of the molecule is CC(C)Cc1cc(-c2nccs2)ccn1. The Kier molecular flexibility index (Phi) is 3.11. The van der Waals surface area contributed by atoms with Crippen molar-refractivity contribution in [1.29, 1.82) is 0 Å². The summed E-state index contributed by atoms with van der Waals surface area (Å²) in [4.78, 5) is 8.66. The fourth-order valence-electron chi connectivity index (χ4n) is 1.51. The van der Waals surface area contributed by atoms with Crippen molar-refractivity contribution in [3.8, 4) is 10.6 Å². The van der Waals surface area contributed by atoms with E-state index >= 15 is 0 Å². The zero-order chi connectivity index (χ0) is 10.7. The molecule has 2 heterocycles. The van der Waals surface area contributed by atoms with Crippen molar-refractivity contribution in [2.45, 2.75) is 20.3 Å². The van der Waals surface area contributed by atoms with Crippen molar-refractivity contribution in [3.05, 3.63) is 35.6 Å². The molecule has 0 aliphatic rings. The molecule has 0 aliphatic heterocycles. The van der Waals surface area contributed by atoms with Crippen molar-refractivity contribution >= 4 is 11.3 Å². The van der Waals surface area contributed by atoms with E-state index in [-0.39, 0.29) is 0 Å². The van der Waals surface area contributed by atoms with E-state index in [4.69, 9.17) is 0 Å². The molecule has 0 fully saturated rings. The van der Waals surface area contributed by atoms with Gasteiger partial charge in [0.1, 0.15) is 5.01 Å². The summed E-state index contributed by atoms with van der Waals surface area (Å²) >= 11 is 1.66. The summed E-state index contributed by atoms with van der Waals surface area (Å²) in [5.74, 6) is 0.643. The summed E-state index contributed by atoms with van der Waals surface area (Å²) in [6.45, 7) is 4.41. The van der Waals surface area contributed by atoms with Gasteiger partial charge in [0.15, 0.2) is 0 Å². The molecule has 0 N–H and O–H groups in total. The smallest absolute Gasteiger partial charge is 0.123 e. The lowest BCUT2D eigenvalue weighted by atomic mass is 10.1. The molecular weight excluding hydrogens is 204 g/mol. The van der Waals surface area contributed by atoms with Crippen LogP contribution < -0.4 is 0 Å². The van der Waals surface area contributed by atoms with Gasteiger partial charge in [0.05, 0.1) is 0 Å². The van der Waals surface area contributed by atoms with Crippen molar-refractivity contribution in [2.75, 3.05) is 0 Å². The minimum atomic E-state index is 0.643.